The van der Waals surface area contributed by atoms with Gasteiger partial charge in [0.05, 0.1) is 17.9 Å². The molecule has 0 aliphatic heterocycles. The van der Waals surface area contributed by atoms with Gasteiger partial charge in [-0.1, -0.05) is 0 Å². The average molecular weight is 220 g/mol. The summed E-state index contributed by atoms with van der Waals surface area (Å²) in [7, 11) is -2.66. The van der Waals surface area contributed by atoms with Crippen molar-refractivity contribution in [2.24, 2.45) is 0 Å². The molecule has 0 aliphatic rings. The molecule has 0 atom stereocenters. The summed E-state index contributed by atoms with van der Waals surface area (Å²) >= 11 is 0. The molecule has 0 spiro atoms. The van der Waals surface area contributed by atoms with Crippen LogP contribution in [0.2, 0.25) is 0 Å². The number of hydrogen-bond donors (Lipinski definition) is 3. The van der Waals surface area contributed by atoms with Crippen LogP contribution >= 0.6 is 0 Å². The first kappa shape index (κ1) is 10.9. The summed E-state index contributed by atoms with van der Waals surface area (Å²) in [6.45, 7) is -0.624. The molecule has 4 nitrogen and oxygen atoms in total. The van der Waals surface area contributed by atoms with Crippen LogP contribution in [0.15, 0.2) is 12.1 Å². The lowest BCUT2D eigenvalue weighted by atomic mass is 10.1. The van der Waals surface area contributed by atoms with Crippen molar-refractivity contribution in [2.75, 3.05) is 0 Å². The quantitative estimate of drug-likeness (QED) is 0.633. The normalized spacial score (nSPS) is 10.8. The van der Waals surface area contributed by atoms with Crippen molar-refractivity contribution in [2.45, 2.75) is 12.4 Å². The Balaban J connectivity index is 3.13. The summed E-state index contributed by atoms with van der Waals surface area (Å²) in [6.07, 6.45) is 0. The molecule has 0 saturated carbocycles. The van der Waals surface area contributed by atoms with Crippen LogP contribution in [-0.2, 0) is 23.1 Å². The third-order valence-electron chi connectivity index (χ3n) is 1.70. The molecule has 2 N–H and O–H groups in total. The van der Waals surface area contributed by atoms with Gasteiger partial charge in [-0.05, 0) is 17.7 Å². The number of rotatable bonds is 3. The maximum atomic E-state index is 13.0. The number of benzene rings is 1. The molecule has 0 bridgehead atoms. The number of aromatic hydroxyl groups is 1. The standard InChI is InChI=1S/C8H9FO4S/c9-7-1-5(4-14(12)13)2-8(11)6(7)3-10/h1-2,10-11,14H,3-4H2. The van der Waals surface area contributed by atoms with Gasteiger partial charge >= 0.3 is 0 Å². The van der Waals surface area contributed by atoms with Gasteiger partial charge in [-0.15, -0.1) is 0 Å². The Morgan fingerprint density at radius 1 is 1.36 bits per heavy atom. The van der Waals surface area contributed by atoms with E-state index in [0.717, 1.165) is 12.1 Å². The first-order valence-corrected chi connectivity index (χ1v) is 5.13. The summed E-state index contributed by atoms with van der Waals surface area (Å²) in [6, 6.07) is 2.11. The highest BCUT2D eigenvalue weighted by Gasteiger charge is 2.09. The third-order valence-corrected chi connectivity index (χ3v) is 2.32. The summed E-state index contributed by atoms with van der Waals surface area (Å²) in [4.78, 5) is 0. The zero-order valence-corrected chi connectivity index (χ0v) is 8.00. The molecule has 0 amide bonds. The Morgan fingerprint density at radius 3 is 2.43 bits per heavy atom. The predicted octanol–water partition coefficient (Wildman–Crippen LogP) is 0.135. The van der Waals surface area contributed by atoms with Crippen LogP contribution in [0, 0.1) is 5.82 Å². The van der Waals surface area contributed by atoms with E-state index < -0.39 is 28.9 Å². The molecule has 0 aromatic heterocycles. The van der Waals surface area contributed by atoms with E-state index in [0.29, 0.717) is 0 Å². The Labute approximate surface area is 81.6 Å². The molecule has 1 aromatic rings. The highest BCUT2D eigenvalue weighted by atomic mass is 32.2. The fourth-order valence-electron chi connectivity index (χ4n) is 1.07. The van der Waals surface area contributed by atoms with Crippen LogP contribution in [0.25, 0.3) is 0 Å². The van der Waals surface area contributed by atoms with E-state index >= 15 is 0 Å². The van der Waals surface area contributed by atoms with Gasteiger partial charge in [-0.25, -0.2) is 12.8 Å². The first-order chi connectivity index (χ1) is 6.54. The Hall–Kier alpha value is -1.14. The molecule has 0 radical (unpaired) electrons. The van der Waals surface area contributed by atoms with Crippen molar-refractivity contribution in [3.05, 3.63) is 29.1 Å². The van der Waals surface area contributed by atoms with Crippen LogP contribution in [0.5, 0.6) is 5.75 Å². The summed E-state index contributed by atoms with van der Waals surface area (Å²) in [5.74, 6) is -1.57. The van der Waals surface area contributed by atoms with Crippen molar-refractivity contribution in [1.82, 2.24) is 0 Å². The fourth-order valence-corrected chi connectivity index (χ4v) is 1.55. The van der Waals surface area contributed by atoms with Gasteiger partial charge in [0.15, 0.2) is 0 Å². The van der Waals surface area contributed by atoms with Gasteiger partial charge in [-0.3, -0.25) is 0 Å². The lowest BCUT2D eigenvalue weighted by Gasteiger charge is -2.04. The Bertz CT molecular complexity index is 383. The SMILES string of the molecule is O=[SH](=O)Cc1cc(O)c(CO)c(F)c1. The highest BCUT2D eigenvalue weighted by molar-refractivity contribution is 7.71. The second-order valence-corrected chi connectivity index (χ2v) is 3.71. The number of aliphatic hydroxyl groups excluding tert-OH is 1. The molecule has 14 heavy (non-hydrogen) atoms. The van der Waals surface area contributed by atoms with E-state index in [2.05, 4.69) is 0 Å². The van der Waals surface area contributed by atoms with Crippen LogP contribution < -0.4 is 0 Å². The number of halogens is 1. The number of aliphatic hydroxyl groups is 1. The molecule has 0 unspecified atom stereocenters. The Morgan fingerprint density at radius 2 is 2.00 bits per heavy atom. The van der Waals surface area contributed by atoms with E-state index in [1.807, 2.05) is 0 Å². The van der Waals surface area contributed by atoms with Gasteiger partial charge < -0.3 is 10.2 Å². The van der Waals surface area contributed by atoms with Crippen molar-refractivity contribution in [1.29, 1.82) is 0 Å². The summed E-state index contributed by atoms with van der Waals surface area (Å²) in [5, 5.41) is 17.8. The fraction of sp³-hybridized carbons (Fsp3) is 0.250. The lowest BCUT2D eigenvalue weighted by Crippen LogP contribution is -1.95. The first-order valence-electron chi connectivity index (χ1n) is 3.77. The Kier molecular flexibility index (Phi) is 3.43. The monoisotopic (exact) mass is 220 g/mol. The molecular weight excluding hydrogens is 211 g/mol. The minimum absolute atomic E-state index is 0.160. The third kappa shape index (κ3) is 2.43. The zero-order chi connectivity index (χ0) is 10.7. The summed E-state index contributed by atoms with van der Waals surface area (Å²) in [5.41, 5.74) is -0.0665. The van der Waals surface area contributed by atoms with Crippen molar-refractivity contribution in [3.63, 3.8) is 0 Å². The van der Waals surface area contributed by atoms with E-state index in [9.17, 15) is 17.9 Å². The van der Waals surface area contributed by atoms with Gasteiger partial charge in [0.2, 0.25) is 0 Å². The van der Waals surface area contributed by atoms with Crippen molar-refractivity contribution >= 4 is 10.7 Å². The lowest BCUT2D eigenvalue weighted by molar-refractivity contribution is 0.268. The maximum absolute atomic E-state index is 13.0. The highest BCUT2D eigenvalue weighted by Crippen LogP contribution is 2.22. The van der Waals surface area contributed by atoms with Crippen molar-refractivity contribution in [3.8, 4) is 5.75 Å². The smallest absolute Gasteiger partial charge is 0.144 e. The molecule has 1 rings (SSSR count). The van der Waals surface area contributed by atoms with E-state index in [4.69, 9.17) is 5.11 Å². The molecule has 78 valence electrons. The molecule has 0 saturated heterocycles. The van der Waals surface area contributed by atoms with Gasteiger partial charge in [0.25, 0.3) is 0 Å². The van der Waals surface area contributed by atoms with E-state index in [1.165, 1.54) is 0 Å². The van der Waals surface area contributed by atoms with Crippen LogP contribution in [-0.4, -0.2) is 18.6 Å². The molecule has 1 aromatic carbocycles. The molecule has 0 heterocycles. The van der Waals surface area contributed by atoms with Crippen LogP contribution in [0.3, 0.4) is 0 Å². The summed E-state index contributed by atoms with van der Waals surface area (Å²) < 4.78 is 33.7. The van der Waals surface area contributed by atoms with Gasteiger partial charge in [0, 0.05) is 0 Å². The second kappa shape index (κ2) is 4.39. The molecule has 0 aliphatic carbocycles. The topological polar surface area (TPSA) is 74.6 Å². The van der Waals surface area contributed by atoms with Crippen LogP contribution in [0.1, 0.15) is 11.1 Å². The number of hydrogen-bond acceptors (Lipinski definition) is 4. The van der Waals surface area contributed by atoms with E-state index in [-0.39, 0.29) is 16.9 Å². The van der Waals surface area contributed by atoms with Gasteiger partial charge in [-0.2, -0.15) is 0 Å². The van der Waals surface area contributed by atoms with E-state index in [1.54, 1.807) is 0 Å². The number of phenols is 1. The minimum Gasteiger partial charge on any atom is -0.507 e. The van der Waals surface area contributed by atoms with Crippen molar-refractivity contribution < 1.29 is 23.0 Å². The number of thiol groups is 1. The second-order valence-electron chi connectivity index (χ2n) is 2.72. The molecular formula is C8H9FO4S. The molecule has 6 heteroatoms. The largest absolute Gasteiger partial charge is 0.507 e. The average Bonchev–Trinajstić information content (AvgIpc) is 2.01. The maximum Gasteiger partial charge on any atom is 0.144 e. The minimum atomic E-state index is -2.66. The molecule has 0 fully saturated rings. The van der Waals surface area contributed by atoms with Gasteiger partial charge in [0.1, 0.15) is 22.3 Å². The predicted molar refractivity (Wildman–Crippen MR) is 48.0 cm³/mol. The van der Waals surface area contributed by atoms with Crippen LogP contribution in [0.4, 0.5) is 4.39 Å². The zero-order valence-electron chi connectivity index (χ0n) is 7.11.